The Morgan fingerprint density at radius 2 is 1.81 bits per heavy atom. The number of allylic oxidation sites excluding steroid dienone is 1. The van der Waals surface area contributed by atoms with Crippen molar-refractivity contribution >= 4 is 17.5 Å². The molecule has 15 heteroatoms. The molecule has 0 unspecified atom stereocenters. The van der Waals surface area contributed by atoms with E-state index in [-0.39, 0.29) is 87.5 Å². The third-order valence-electron chi connectivity index (χ3n) is 10.4. The summed E-state index contributed by atoms with van der Waals surface area (Å²) in [6.07, 6.45) is 7.33. The Bertz CT molecular complexity index is 1650. The number of carbonyl (C=O) groups excluding carboxylic acids is 1. The standard InChI is InChI=1S/C39H51N3O12/c1-3-20-52-39-35(41(16-21-51-22-19-45)38(47)53-29-13-10-27(11-14-29)42(48)49)25-33(40-50-2)31-23-26(8-4-6-17-43)30(9-5-7-18-44)36(37(31)39)32-24-28(46)12-15-34(32)54-39/h3,10-15,23-24,26,30,35-37,43-46H,1,4-9,16-22,25H2,2H3/t26-,30+,35-,36+,37+,39+/m0/s1. The van der Waals surface area contributed by atoms with Crippen LogP contribution < -0.4 is 9.47 Å². The second kappa shape index (κ2) is 19.2. The second-order valence-corrected chi connectivity index (χ2v) is 13.6. The van der Waals surface area contributed by atoms with Crippen molar-refractivity contribution in [3.8, 4) is 17.2 Å². The van der Waals surface area contributed by atoms with Gasteiger partial charge in [-0.25, -0.2) is 4.79 Å². The largest absolute Gasteiger partial charge is 0.508 e. The molecule has 5 rings (SSSR count). The number of aliphatic hydroxyl groups excluding tert-OH is 3. The summed E-state index contributed by atoms with van der Waals surface area (Å²) >= 11 is 0. The van der Waals surface area contributed by atoms with E-state index in [1.54, 1.807) is 24.3 Å². The minimum atomic E-state index is -1.57. The number of phenols is 1. The molecule has 294 valence electrons. The van der Waals surface area contributed by atoms with E-state index in [2.05, 4.69) is 17.8 Å². The molecule has 0 aromatic heterocycles. The maximum absolute atomic E-state index is 14.4. The Hall–Kier alpha value is -4.54. The number of aliphatic hydroxyl groups is 3. The molecule has 3 aliphatic rings. The minimum Gasteiger partial charge on any atom is -0.508 e. The molecule has 0 radical (unpaired) electrons. The van der Waals surface area contributed by atoms with Gasteiger partial charge in [-0.2, -0.15) is 0 Å². The first-order valence-electron chi connectivity index (χ1n) is 18.4. The first kappa shape index (κ1) is 40.6. The summed E-state index contributed by atoms with van der Waals surface area (Å²) in [6, 6.07) is 9.18. The van der Waals surface area contributed by atoms with Crippen LogP contribution in [0.4, 0.5) is 10.5 Å². The van der Waals surface area contributed by atoms with Crippen molar-refractivity contribution in [2.24, 2.45) is 22.9 Å². The summed E-state index contributed by atoms with van der Waals surface area (Å²) in [5.74, 6) is -1.90. The Balaban J connectivity index is 1.70. The van der Waals surface area contributed by atoms with Crippen molar-refractivity contribution in [3.63, 3.8) is 0 Å². The quantitative estimate of drug-likeness (QED) is 0.0606. The number of hydrogen-bond acceptors (Lipinski definition) is 13. The lowest BCUT2D eigenvalue weighted by molar-refractivity contribution is -0.384. The van der Waals surface area contributed by atoms with Gasteiger partial charge in [-0.15, -0.1) is 6.58 Å². The molecule has 2 aliphatic carbocycles. The fraction of sp³-hybridized carbons (Fsp3) is 0.538. The van der Waals surface area contributed by atoms with Gasteiger partial charge in [0.15, 0.2) is 0 Å². The minimum absolute atomic E-state index is 0.0126. The number of oxime groups is 1. The molecule has 2 aromatic rings. The molecular formula is C39H51N3O12. The molecule has 1 fully saturated rings. The van der Waals surface area contributed by atoms with Gasteiger partial charge in [-0.1, -0.05) is 30.1 Å². The SMILES string of the molecule is C=CCO[C@@]12Oc3ccc(O)cc3[C@H]3[C@H](CCCCO)[C@@H](CCCCO)C=C(C(=NOC)C[C@@H]1N(CCOCCO)C(=O)Oc1ccc([N+](=O)[O-])cc1)[C@H]32. The van der Waals surface area contributed by atoms with Crippen LogP contribution in [0.2, 0.25) is 0 Å². The van der Waals surface area contributed by atoms with Crippen molar-refractivity contribution in [2.45, 2.75) is 62.7 Å². The van der Waals surface area contributed by atoms with Crippen LogP contribution in [0.25, 0.3) is 0 Å². The zero-order valence-corrected chi connectivity index (χ0v) is 30.6. The number of aromatic hydroxyl groups is 1. The molecule has 2 aromatic carbocycles. The van der Waals surface area contributed by atoms with Crippen molar-refractivity contribution in [2.75, 3.05) is 53.3 Å². The number of benzene rings is 2. The van der Waals surface area contributed by atoms with E-state index in [4.69, 9.17) is 23.8 Å². The highest BCUT2D eigenvalue weighted by molar-refractivity contribution is 6.03. The number of nitrogens with zero attached hydrogens (tertiary/aromatic N) is 3. The summed E-state index contributed by atoms with van der Waals surface area (Å²) in [4.78, 5) is 32.0. The number of nitro groups is 1. The van der Waals surface area contributed by atoms with Gasteiger partial charge in [0.25, 0.3) is 5.69 Å². The summed E-state index contributed by atoms with van der Waals surface area (Å²) < 4.78 is 25.3. The molecule has 6 atom stereocenters. The van der Waals surface area contributed by atoms with E-state index in [1.807, 2.05) is 0 Å². The van der Waals surface area contributed by atoms with Gasteiger partial charge in [-0.05, 0) is 73.4 Å². The lowest BCUT2D eigenvalue weighted by Gasteiger charge is -2.59. The van der Waals surface area contributed by atoms with Gasteiger partial charge in [0.2, 0.25) is 5.79 Å². The molecule has 1 saturated carbocycles. The normalized spacial score (nSPS) is 24.8. The zero-order chi connectivity index (χ0) is 38.7. The van der Waals surface area contributed by atoms with Crippen molar-refractivity contribution in [1.29, 1.82) is 0 Å². The summed E-state index contributed by atoms with van der Waals surface area (Å²) in [6.45, 7) is 3.85. The lowest BCUT2D eigenvalue weighted by atomic mass is 9.55. The van der Waals surface area contributed by atoms with Crippen LogP contribution in [-0.2, 0) is 14.3 Å². The average Bonchev–Trinajstić information content (AvgIpc) is 3.16. The monoisotopic (exact) mass is 753 g/mol. The first-order chi connectivity index (χ1) is 26.2. The fourth-order valence-corrected chi connectivity index (χ4v) is 8.27. The van der Waals surface area contributed by atoms with Crippen LogP contribution in [0.1, 0.15) is 56.4 Å². The van der Waals surface area contributed by atoms with E-state index in [0.29, 0.717) is 24.3 Å². The maximum Gasteiger partial charge on any atom is 0.415 e. The number of non-ortho nitro benzene ring substituents is 1. The van der Waals surface area contributed by atoms with Crippen LogP contribution in [0.3, 0.4) is 0 Å². The number of amides is 1. The zero-order valence-electron chi connectivity index (χ0n) is 30.6. The van der Waals surface area contributed by atoms with Crippen molar-refractivity contribution in [3.05, 3.63) is 82.4 Å². The Morgan fingerprint density at radius 3 is 2.48 bits per heavy atom. The molecule has 0 bridgehead atoms. The van der Waals surface area contributed by atoms with Gasteiger partial charge in [0, 0.05) is 49.8 Å². The summed E-state index contributed by atoms with van der Waals surface area (Å²) in [7, 11) is 1.45. The van der Waals surface area contributed by atoms with E-state index in [0.717, 1.165) is 36.8 Å². The van der Waals surface area contributed by atoms with Gasteiger partial charge < -0.3 is 44.2 Å². The van der Waals surface area contributed by atoms with Crippen LogP contribution >= 0.6 is 0 Å². The number of nitro benzene ring substituents is 1. The maximum atomic E-state index is 14.4. The number of rotatable bonds is 20. The summed E-state index contributed by atoms with van der Waals surface area (Å²) in [5.41, 5.74) is 1.99. The van der Waals surface area contributed by atoms with Crippen LogP contribution in [0.5, 0.6) is 17.2 Å². The number of hydrogen-bond donors (Lipinski definition) is 4. The smallest absolute Gasteiger partial charge is 0.415 e. The molecule has 54 heavy (non-hydrogen) atoms. The number of fused-ring (bicyclic) bond motifs is 2. The Morgan fingerprint density at radius 1 is 1.07 bits per heavy atom. The van der Waals surface area contributed by atoms with Crippen LogP contribution in [0.15, 0.2) is 71.9 Å². The molecule has 0 saturated heterocycles. The molecule has 1 amide bonds. The van der Waals surface area contributed by atoms with Crippen LogP contribution in [0, 0.1) is 27.9 Å². The second-order valence-electron chi connectivity index (χ2n) is 13.6. The van der Waals surface area contributed by atoms with E-state index in [1.165, 1.54) is 36.3 Å². The molecule has 0 spiro atoms. The van der Waals surface area contributed by atoms with Gasteiger partial charge in [-0.3, -0.25) is 15.0 Å². The molecule has 1 aliphatic heterocycles. The average molecular weight is 754 g/mol. The van der Waals surface area contributed by atoms with Gasteiger partial charge in [0.1, 0.15) is 30.4 Å². The Kier molecular flexibility index (Phi) is 14.4. The predicted octanol–water partition coefficient (Wildman–Crippen LogP) is 5.07. The third kappa shape index (κ3) is 8.87. The molecular weight excluding hydrogens is 702 g/mol. The molecule has 1 heterocycles. The van der Waals surface area contributed by atoms with E-state index < -0.39 is 28.8 Å². The van der Waals surface area contributed by atoms with Gasteiger partial charge >= 0.3 is 6.09 Å². The van der Waals surface area contributed by atoms with E-state index in [9.17, 15) is 35.3 Å². The highest BCUT2D eigenvalue weighted by Gasteiger charge is 2.65. The number of carbonyl (C=O) groups is 1. The predicted molar refractivity (Wildman–Crippen MR) is 197 cm³/mol. The summed E-state index contributed by atoms with van der Waals surface area (Å²) in [5, 5.41) is 55.5. The lowest BCUT2D eigenvalue weighted by Crippen LogP contribution is -2.70. The number of unbranched alkanes of at least 4 members (excludes halogenated alkanes) is 2. The van der Waals surface area contributed by atoms with Crippen LogP contribution in [-0.4, -0.2) is 107 Å². The Labute approximate surface area is 314 Å². The number of ether oxygens (including phenoxy) is 4. The first-order valence-corrected chi connectivity index (χ1v) is 18.4. The van der Waals surface area contributed by atoms with Crippen molar-refractivity contribution in [1.82, 2.24) is 4.90 Å². The van der Waals surface area contributed by atoms with E-state index >= 15 is 0 Å². The fourth-order valence-electron chi connectivity index (χ4n) is 8.27. The van der Waals surface area contributed by atoms with Gasteiger partial charge in [0.05, 0.1) is 43.0 Å². The third-order valence-corrected chi connectivity index (χ3v) is 10.4. The van der Waals surface area contributed by atoms with Crippen molar-refractivity contribution < 1.29 is 53.9 Å². The topological polar surface area (TPSA) is 203 Å². The highest BCUT2D eigenvalue weighted by Crippen LogP contribution is 2.61. The highest BCUT2D eigenvalue weighted by atomic mass is 16.7. The molecule has 4 N–H and O–H groups in total. The number of phenolic OH excluding ortho intramolecular Hbond substituents is 1. The molecule has 15 nitrogen and oxygen atoms in total.